The molecule has 0 bridgehead atoms. The van der Waals surface area contributed by atoms with Gasteiger partial charge in [0.2, 0.25) is 11.8 Å². The maximum atomic E-state index is 13.6. The van der Waals surface area contributed by atoms with Gasteiger partial charge in [0, 0.05) is 72.7 Å². The average Bonchev–Trinajstić information content (AvgIpc) is 2.85. The van der Waals surface area contributed by atoms with Crippen LogP contribution in [0.4, 0.5) is 14.6 Å². The van der Waals surface area contributed by atoms with E-state index in [1.54, 1.807) is 6.20 Å². The SMILES string of the molecule is C[C@@H]1CN(c2nnc(-c3ccccc3)c3ccncc23)[C@@H](C)CN1C(=O)C1CCC(F)(F)CC1. The highest BCUT2D eigenvalue weighted by Crippen LogP contribution is 2.38. The van der Waals surface area contributed by atoms with E-state index in [-0.39, 0.29) is 49.6 Å². The first-order valence-electron chi connectivity index (χ1n) is 11.9. The second kappa shape index (κ2) is 8.89. The highest BCUT2D eigenvalue weighted by molar-refractivity contribution is 5.99. The Bertz CT molecular complexity index is 1180. The number of halogens is 2. The van der Waals surface area contributed by atoms with Crippen LogP contribution in [0.25, 0.3) is 22.0 Å². The summed E-state index contributed by atoms with van der Waals surface area (Å²) in [5.41, 5.74) is 1.80. The standard InChI is InChI=1S/C26H29F2N5O/c1-17-16-33(25(34)20-8-11-26(27,28)12-9-20)18(2)15-32(17)24-22-14-29-13-10-21(22)23(30-31-24)19-6-4-3-5-7-19/h3-7,10,13-14,17-18,20H,8-9,11-12,15-16H2,1-2H3/t17-,18+/m0/s1. The number of hydrogen-bond acceptors (Lipinski definition) is 5. The number of piperazine rings is 1. The number of nitrogens with zero attached hydrogens (tertiary/aromatic N) is 5. The lowest BCUT2D eigenvalue weighted by Crippen LogP contribution is -2.59. The van der Waals surface area contributed by atoms with Crippen molar-refractivity contribution in [1.82, 2.24) is 20.1 Å². The lowest BCUT2D eigenvalue weighted by atomic mass is 9.85. The van der Waals surface area contributed by atoms with E-state index in [9.17, 15) is 13.6 Å². The second-order valence-electron chi connectivity index (χ2n) is 9.63. The van der Waals surface area contributed by atoms with Crippen molar-refractivity contribution >= 4 is 22.5 Å². The molecule has 3 aromatic rings. The number of hydrogen-bond donors (Lipinski definition) is 0. The van der Waals surface area contributed by atoms with Crippen LogP contribution >= 0.6 is 0 Å². The predicted octanol–water partition coefficient (Wildman–Crippen LogP) is 4.94. The number of alkyl halides is 2. The quantitative estimate of drug-likeness (QED) is 0.548. The molecule has 1 aromatic carbocycles. The van der Waals surface area contributed by atoms with Crippen LogP contribution < -0.4 is 4.90 Å². The molecule has 1 saturated heterocycles. The molecule has 2 fully saturated rings. The highest BCUT2D eigenvalue weighted by atomic mass is 19.3. The molecule has 2 aliphatic rings. The Morgan fingerprint density at radius 1 is 0.971 bits per heavy atom. The molecule has 1 amide bonds. The summed E-state index contributed by atoms with van der Waals surface area (Å²) in [6.07, 6.45) is 3.70. The van der Waals surface area contributed by atoms with Crippen LogP contribution in [0.5, 0.6) is 0 Å². The lowest BCUT2D eigenvalue weighted by Gasteiger charge is -2.46. The zero-order valence-electron chi connectivity index (χ0n) is 19.5. The summed E-state index contributed by atoms with van der Waals surface area (Å²) in [5, 5.41) is 11.1. The molecule has 1 saturated carbocycles. The molecule has 178 valence electrons. The van der Waals surface area contributed by atoms with Crippen molar-refractivity contribution in [3.05, 3.63) is 48.8 Å². The first-order chi connectivity index (χ1) is 16.3. The van der Waals surface area contributed by atoms with Crippen LogP contribution in [0, 0.1) is 5.92 Å². The Hall–Kier alpha value is -3.16. The topological polar surface area (TPSA) is 62.2 Å². The van der Waals surface area contributed by atoms with Gasteiger partial charge in [-0.1, -0.05) is 30.3 Å². The summed E-state index contributed by atoms with van der Waals surface area (Å²) >= 11 is 0. The zero-order chi connectivity index (χ0) is 23.9. The summed E-state index contributed by atoms with van der Waals surface area (Å²) in [6.45, 7) is 5.20. The number of fused-ring (bicyclic) bond motifs is 1. The maximum Gasteiger partial charge on any atom is 0.248 e. The number of amides is 1. The molecule has 6 nitrogen and oxygen atoms in total. The molecule has 8 heteroatoms. The fraction of sp³-hybridized carbons (Fsp3) is 0.462. The fourth-order valence-corrected chi connectivity index (χ4v) is 5.26. The number of benzene rings is 1. The molecule has 0 spiro atoms. The van der Waals surface area contributed by atoms with Crippen LogP contribution in [0.2, 0.25) is 0 Å². The predicted molar refractivity (Wildman–Crippen MR) is 128 cm³/mol. The van der Waals surface area contributed by atoms with E-state index in [2.05, 4.69) is 27.0 Å². The van der Waals surface area contributed by atoms with E-state index in [0.29, 0.717) is 13.1 Å². The van der Waals surface area contributed by atoms with Crippen molar-refractivity contribution in [2.75, 3.05) is 18.0 Å². The number of pyridine rings is 1. The van der Waals surface area contributed by atoms with Crippen molar-refractivity contribution in [2.24, 2.45) is 5.92 Å². The summed E-state index contributed by atoms with van der Waals surface area (Å²) in [7, 11) is 0. The van der Waals surface area contributed by atoms with Crippen LogP contribution in [-0.4, -0.2) is 57.1 Å². The van der Waals surface area contributed by atoms with Crippen molar-refractivity contribution in [1.29, 1.82) is 0 Å². The van der Waals surface area contributed by atoms with Crippen LogP contribution in [-0.2, 0) is 4.79 Å². The molecule has 1 aliphatic heterocycles. The van der Waals surface area contributed by atoms with Crippen molar-refractivity contribution < 1.29 is 13.6 Å². The molecule has 0 unspecified atom stereocenters. The summed E-state index contributed by atoms with van der Waals surface area (Å²) in [5.74, 6) is -2.18. The first kappa shape index (κ1) is 22.6. The van der Waals surface area contributed by atoms with Crippen molar-refractivity contribution in [3.8, 4) is 11.3 Å². The third-order valence-electron chi connectivity index (χ3n) is 7.22. The van der Waals surface area contributed by atoms with Gasteiger partial charge in [0.1, 0.15) is 5.69 Å². The van der Waals surface area contributed by atoms with Gasteiger partial charge in [-0.3, -0.25) is 9.78 Å². The van der Waals surface area contributed by atoms with Gasteiger partial charge in [-0.2, -0.15) is 0 Å². The van der Waals surface area contributed by atoms with E-state index < -0.39 is 5.92 Å². The van der Waals surface area contributed by atoms with E-state index in [4.69, 9.17) is 0 Å². The molecule has 2 atom stereocenters. The molecule has 1 aliphatic carbocycles. The minimum atomic E-state index is -2.63. The Morgan fingerprint density at radius 3 is 2.44 bits per heavy atom. The normalized spacial score (nSPS) is 23.3. The summed E-state index contributed by atoms with van der Waals surface area (Å²) in [6, 6.07) is 11.9. The maximum absolute atomic E-state index is 13.6. The smallest absolute Gasteiger partial charge is 0.248 e. The number of rotatable bonds is 3. The molecule has 3 heterocycles. The molecule has 0 radical (unpaired) electrons. The van der Waals surface area contributed by atoms with Gasteiger partial charge in [-0.15, -0.1) is 10.2 Å². The monoisotopic (exact) mass is 465 g/mol. The second-order valence-corrected chi connectivity index (χ2v) is 9.63. The molecular formula is C26H29F2N5O. The van der Waals surface area contributed by atoms with Gasteiger partial charge in [0.05, 0.1) is 0 Å². The summed E-state index contributed by atoms with van der Waals surface area (Å²) in [4.78, 5) is 21.6. The molecule has 0 N–H and O–H groups in total. The zero-order valence-corrected chi connectivity index (χ0v) is 19.5. The number of aromatic nitrogens is 3. The summed E-state index contributed by atoms with van der Waals surface area (Å²) < 4.78 is 27.2. The largest absolute Gasteiger partial charge is 0.348 e. The molecular weight excluding hydrogens is 436 g/mol. The van der Waals surface area contributed by atoms with E-state index in [1.807, 2.05) is 54.4 Å². The van der Waals surface area contributed by atoms with Gasteiger partial charge in [-0.25, -0.2) is 8.78 Å². The Balaban J connectivity index is 1.40. The third kappa shape index (κ3) is 4.21. The minimum Gasteiger partial charge on any atom is -0.348 e. The van der Waals surface area contributed by atoms with Gasteiger partial charge in [0.15, 0.2) is 5.82 Å². The van der Waals surface area contributed by atoms with Gasteiger partial charge in [0.25, 0.3) is 0 Å². The van der Waals surface area contributed by atoms with Crippen molar-refractivity contribution in [3.63, 3.8) is 0 Å². The highest BCUT2D eigenvalue weighted by Gasteiger charge is 2.41. The molecule has 34 heavy (non-hydrogen) atoms. The van der Waals surface area contributed by atoms with Crippen LogP contribution in [0.3, 0.4) is 0 Å². The number of carbonyl (C=O) groups excluding carboxylic acids is 1. The third-order valence-corrected chi connectivity index (χ3v) is 7.22. The van der Waals surface area contributed by atoms with E-state index in [1.165, 1.54) is 0 Å². The average molecular weight is 466 g/mol. The van der Waals surface area contributed by atoms with E-state index >= 15 is 0 Å². The fourth-order valence-electron chi connectivity index (χ4n) is 5.26. The van der Waals surface area contributed by atoms with Gasteiger partial charge < -0.3 is 9.80 Å². The van der Waals surface area contributed by atoms with Crippen molar-refractivity contribution in [2.45, 2.75) is 57.5 Å². The Morgan fingerprint density at radius 2 is 1.71 bits per heavy atom. The van der Waals surface area contributed by atoms with Gasteiger partial charge in [-0.05, 0) is 32.8 Å². The van der Waals surface area contributed by atoms with E-state index in [0.717, 1.165) is 27.8 Å². The Kier molecular flexibility index (Phi) is 5.91. The first-order valence-corrected chi connectivity index (χ1v) is 11.9. The van der Waals surface area contributed by atoms with Crippen LogP contribution in [0.15, 0.2) is 48.8 Å². The lowest BCUT2D eigenvalue weighted by molar-refractivity contribution is -0.142. The van der Waals surface area contributed by atoms with Gasteiger partial charge >= 0.3 is 0 Å². The number of anilines is 1. The van der Waals surface area contributed by atoms with Crippen LogP contribution in [0.1, 0.15) is 39.5 Å². The molecule has 5 rings (SSSR count). The minimum absolute atomic E-state index is 0.00506. The molecule has 2 aromatic heterocycles. The Labute approximate surface area is 198 Å². The number of carbonyl (C=O) groups is 1.